The maximum atomic E-state index is 4.70. The van der Waals surface area contributed by atoms with Crippen molar-refractivity contribution in [2.75, 3.05) is 20.1 Å². The third kappa shape index (κ3) is 4.81. The van der Waals surface area contributed by atoms with Gasteiger partial charge in [-0.25, -0.2) is 4.99 Å². The van der Waals surface area contributed by atoms with E-state index in [0.29, 0.717) is 6.54 Å². The number of nitrogens with one attached hydrogen (secondary N) is 1. The molecular weight excluding hydrogens is 288 g/mol. The number of guanidine groups is 1. The number of rotatable bonds is 7. The molecule has 0 unspecified atom stereocenters. The fraction of sp³-hybridized carbons (Fsp3) is 0.471. The summed E-state index contributed by atoms with van der Waals surface area (Å²) in [5, 5.41) is 11.6. The molecule has 124 valence electrons. The second-order valence-corrected chi connectivity index (χ2v) is 5.40. The van der Waals surface area contributed by atoms with Crippen LogP contribution in [-0.4, -0.2) is 45.8 Å². The monoisotopic (exact) mass is 314 g/mol. The molecule has 0 aliphatic heterocycles. The Morgan fingerprint density at radius 3 is 2.74 bits per heavy atom. The molecule has 6 heteroatoms. The SMILES string of the molecule is CCCCN(C)C(=NCc1nncn1-c1ccccc1)NCC. The molecule has 0 saturated carbocycles. The predicted octanol–water partition coefficient (Wildman–Crippen LogP) is 2.46. The molecule has 1 aromatic heterocycles. The molecule has 0 atom stereocenters. The van der Waals surface area contributed by atoms with Crippen LogP contribution in [0.3, 0.4) is 0 Å². The normalized spacial score (nSPS) is 11.5. The molecule has 1 aromatic carbocycles. The van der Waals surface area contributed by atoms with Crippen LogP contribution >= 0.6 is 0 Å². The molecule has 2 rings (SSSR count). The molecule has 23 heavy (non-hydrogen) atoms. The first kappa shape index (κ1) is 17.0. The highest BCUT2D eigenvalue weighted by molar-refractivity contribution is 5.79. The van der Waals surface area contributed by atoms with Gasteiger partial charge in [0.15, 0.2) is 11.8 Å². The van der Waals surface area contributed by atoms with Crippen molar-refractivity contribution >= 4 is 5.96 Å². The Hall–Kier alpha value is -2.37. The summed E-state index contributed by atoms with van der Waals surface area (Å²) in [7, 11) is 2.07. The summed E-state index contributed by atoms with van der Waals surface area (Å²) in [6, 6.07) is 10.1. The van der Waals surface area contributed by atoms with Crippen LogP contribution < -0.4 is 5.32 Å². The van der Waals surface area contributed by atoms with Gasteiger partial charge >= 0.3 is 0 Å². The molecule has 0 aliphatic rings. The van der Waals surface area contributed by atoms with E-state index in [1.54, 1.807) is 6.33 Å². The molecule has 0 bridgehead atoms. The summed E-state index contributed by atoms with van der Waals surface area (Å²) in [6.07, 6.45) is 4.06. The first-order chi connectivity index (χ1) is 11.3. The van der Waals surface area contributed by atoms with Crippen LogP contribution in [0.4, 0.5) is 0 Å². The van der Waals surface area contributed by atoms with Crippen molar-refractivity contribution < 1.29 is 0 Å². The van der Waals surface area contributed by atoms with E-state index in [1.807, 2.05) is 34.9 Å². The van der Waals surface area contributed by atoms with Gasteiger partial charge in [0, 0.05) is 25.8 Å². The zero-order valence-electron chi connectivity index (χ0n) is 14.2. The average Bonchev–Trinajstić information content (AvgIpc) is 3.05. The largest absolute Gasteiger partial charge is 0.357 e. The standard InChI is InChI=1S/C17H26N6/c1-4-6-12-22(3)17(18-5-2)19-13-16-21-20-14-23(16)15-10-8-7-9-11-15/h7-11,14H,4-6,12-13H2,1-3H3,(H,18,19). The average molecular weight is 314 g/mol. The molecule has 6 nitrogen and oxygen atoms in total. The fourth-order valence-corrected chi connectivity index (χ4v) is 2.29. The lowest BCUT2D eigenvalue weighted by molar-refractivity contribution is 0.464. The highest BCUT2D eigenvalue weighted by Gasteiger charge is 2.08. The molecule has 0 amide bonds. The van der Waals surface area contributed by atoms with Crippen molar-refractivity contribution in [3.05, 3.63) is 42.5 Å². The highest BCUT2D eigenvalue weighted by Crippen LogP contribution is 2.09. The van der Waals surface area contributed by atoms with Crippen LogP contribution in [0.25, 0.3) is 5.69 Å². The van der Waals surface area contributed by atoms with E-state index in [-0.39, 0.29) is 0 Å². The predicted molar refractivity (Wildman–Crippen MR) is 93.7 cm³/mol. The molecule has 1 heterocycles. The zero-order valence-corrected chi connectivity index (χ0v) is 14.2. The molecule has 0 fully saturated rings. The van der Waals surface area contributed by atoms with Gasteiger partial charge in [0.05, 0.1) is 0 Å². The Bertz CT molecular complexity index is 605. The smallest absolute Gasteiger partial charge is 0.194 e. The summed E-state index contributed by atoms with van der Waals surface area (Å²) < 4.78 is 1.97. The molecular formula is C17H26N6. The lowest BCUT2D eigenvalue weighted by Gasteiger charge is -2.21. The minimum Gasteiger partial charge on any atom is -0.357 e. The topological polar surface area (TPSA) is 58.3 Å². The molecule has 0 saturated heterocycles. The van der Waals surface area contributed by atoms with Crippen LogP contribution in [-0.2, 0) is 6.54 Å². The molecule has 1 N–H and O–H groups in total. The van der Waals surface area contributed by atoms with E-state index in [2.05, 4.69) is 41.3 Å². The second kappa shape index (κ2) is 8.92. The maximum absolute atomic E-state index is 4.70. The Morgan fingerprint density at radius 1 is 1.26 bits per heavy atom. The second-order valence-electron chi connectivity index (χ2n) is 5.40. The minimum absolute atomic E-state index is 0.494. The quantitative estimate of drug-likeness (QED) is 0.630. The lowest BCUT2D eigenvalue weighted by atomic mass is 10.3. The first-order valence-corrected chi connectivity index (χ1v) is 8.20. The van der Waals surface area contributed by atoms with Crippen molar-refractivity contribution in [2.45, 2.75) is 33.2 Å². The number of aromatic nitrogens is 3. The van der Waals surface area contributed by atoms with E-state index >= 15 is 0 Å². The van der Waals surface area contributed by atoms with Crippen LogP contribution in [0.1, 0.15) is 32.5 Å². The number of hydrogen-bond donors (Lipinski definition) is 1. The van der Waals surface area contributed by atoms with E-state index in [1.165, 1.54) is 6.42 Å². The van der Waals surface area contributed by atoms with Gasteiger partial charge in [-0.1, -0.05) is 31.5 Å². The van der Waals surface area contributed by atoms with E-state index in [4.69, 9.17) is 4.99 Å². The van der Waals surface area contributed by atoms with Crippen LogP contribution in [0.2, 0.25) is 0 Å². The van der Waals surface area contributed by atoms with Gasteiger partial charge in [0.2, 0.25) is 0 Å². The zero-order chi connectivity index (χ0) is 16.5. The number of benzene rings is 1. The highest BCUT2D eigenvalue weighted by atomic mass is 15.3. The number of para-hydroxylation sites is 1. The summed E-state index contributed by atoms with van der Waals surface area (Å²) in [5.41, 5.74) is 1.05. The van der Waals surface area contributed by atoms with Gasteiger partial charge in [0.1, 0.15) is 12.9 Å². The molecule has 2 aromatic rings. The van der Waals surface area contributed by atoms with Crippen molar-refractivity contribution in [2.24, 2.45) is 4.99 Å². The summed E-state index contributed by atoms with van der Waals surface area (Å²) >= 11 is 0. The number of unbranched alkanes of at least 4 members (excludes halogenated alkanes) is 1. The molecule has 0 aliphatic carbocycles. The van der Waals surface area contributed by atoms with Gasteiger partial charge < -0.3 is 10.2 Å². The van der Waals surface area contributed by atoms with Crippen LogP contribution in [0.15, 0.2) is 41.7 Å². The Balaban J connectivity index is 2.12. The molecule has 0 radical (unpaired) electrons. The maximum Gasteiger partial charge on any atom is 0.194 e. The van der Waals surface area contributed by atoms with Crippen molar-refractivity contribution in [1.29, 1.82) is 0 Å². The van der Waals surface area contributed by atoms with Gasteiger partial charge in [0.25, 0.3) is 0 Å². The van der Waals surface area contributed by atoms with Gasteiger partial charge in [-0.2, -0.15) is 0 Å². The third-order valence-electron chi connectivity index (χ3n) is 3.57. The number of nitrogens with zero attached hydrogens (tertiary/aromatic N) is 5. The van der Waals surface area contributed by atoms with Crippen molar-refractivity contribution in [3.63, 3.8) is 0 Å². The number of aliphatic imine (C=N–C) groups is 1. The van der Waals surface area contributed by atoms with Crippen molar-refractivity contribution in [3.8, 4) is 5.69 Å². The summed E-state index contributed by atoms with van der Waals surface area (Å²) in [5.74, 6) is 1.74. The molecule has 0 spiro atoms. The van der Waals surface area contributed by atoms with Crippen LogP contribution in [0.5, 0.6) is 0 Å². The van der Waals surface area contributed by atoms with E-state index < -0.39 is 0 Å². The first-order valence-electron chi connectivity index (χ1n) is 8.20. The van der Waals surface area contributed by atoms with Gasteiger partial charge in [-0.3, -0.25) is 4.57 Å². The van der Waals surface area contributed by atoms with E-state index in [9.17, 15) is 0 Å². The minimum atomic E-state index is 0.494. The van der Waals surface area contributed by atoms with Crippen molar-refractivity contribution in [1.82, 2.24) is 25.0 Å². The third-order valence-corrected chi connectivity index (χ3v) is 3.57. The Labute approximate surface area is 138 Å². The summed E-state index contributed by atoms with van der Waals surface area (Å²) in [6.45, 7) is 6.61. The lowest BCUT2D eigenvalue weighted by Crippen LogP contribution is -2.39. The summed E-state index contributed by atoms with van der Waals surface area (Å²) in [4.78, 5) is 6.87. The fourth-order valence-electron chi connectivity index (χ4n) is 2.29. The van der Waals surface area contributed by atoms with E-state index in [0.717, 1.165) is 37.0 Å². The van der Waals surface area contributed by atoms with Gasteiger partial charge in [-0.05, 0) is 25.5 Å². The van der Waals surface area contributed by atoms with Crippen LogP contribution in [0, 0.1) is 0 Å². The Morgan fingerprint density at radius 2 is 2.04 bits per heavy atom. The van der Waals surface area contributed by atoms with Gasteiger partial charge in [-0.15, -0.1) is 10.2 Å². The number of hydrogen-bond acceptors (Lipinski definition) is 3. The Kier molecular flexibility index (Phi) is 6.59.